The van der Waals surface area contributed by atoms with E-state index in [9.17, 15) is 0 Å². The van der Waals surface area contributed by atoms with E-state index in [0.717, 1.165) is 44.1 Å². The van der Waals surface area contributed by atoms with Gasteiger partial charge < -0.3 is 19.7 Å². The monoisotopic (exact) mass is 383 g/mol. The van der Waals surface area contributed by atoms with Crippen LogP contribution in [0.1, 0.15) is 30.5 Å². The minimum absolute atomic E-state index is 0.195. The van der Waals surface area contributed by atoms with Crippen LogP contribution >= 0.6 is 0 Å². The van der Waals surface area contributed by atoms with Crippen LogP contribution in [-0.2, 0) is 0 Å². The Bertz CT molecular complexity index is 738. The summed E-state index contributed by atoms with van der Waals surface area (Å²) in [7, 11) is 5.85. The first-order chi connectivity index (χ1) is 13.6. The van der Waals surface area contributed by atoms with E-state index >= 15 is 0 Å². The maximum Gasteiger partial charge on any atom is 0.161 e. The van der Waals surface area contributed by atoms with E-state index < -0.39 is 0 Å². The number of hydrogen-bond donors (Lipinski definition) is 1. The van der Waals surface area contributed by atoms with Crippen LogP contribution in [0.15, 0.2) is 42.5 Å². The average Bonchev–Trinajstić information content (AvgIpc) is 2.99. The topological polar surface area (TPSA) is 37.0 Å². The highest BCUT2D eigenvalue weighted by molar-refractivity contribution is 5.50. The fraction of sp³-hybridized carbons (Fsp3) is 0.478. The number of ether oxygens (including phenoxy) is 2. The minimum Gasteiger partial charge on any atom is -0.493 e. The molecule has 0 aliphatic carbocycles. The van der Waals surface area contributed by atoms with Gasteiger partial charge in [-0.1, -0.05) is 18.2 Å². The van der Waals surface area contributed by atoms with Crippen molar-refractivity contribution in [2.75, 3.05) is 58.9 Å². The molecule has 0 aromatic heterocycles. The molecule has 1 fully saturated rings. The molecule has 1 N–H and O–H groups in total. The van der Waals surface area contributed by atoms with Crippen molar-refractivity contribution >= 4 is 5.69 Å². The highest BCUT2D eigenvalue weighted by atomic mass is 16.5. The fourth-order valence-corrected chi connectivity index (χ4v) is 3.82. The smallest absolute Gasteiger partial charge is 0.161 e. The summed E-state index contributed by atoms with van der Waals surface area (Å²) in [5.41, 5.74) is 3.75. The van der Waals surface area contributed by atoms with Gasteiger partial charge in [-0.2, -0.15) is 0 Å². The molecule has 1 heterocycles. The van der Waals surface area contributed by atoms with Gasteiger partial charge in [-0.3, -0.25) is 4.90 Å². The molecule has 0 radical (unpaired) electrons. The molecule has 152 valence electrons. The average molecular weight is 384 g/mol. The molecule has 5 nitrogen and oxygen atoms in total. The van der Waals surface area contributed by atoms with Gasteiger partial charge in [-0.05, 0) is 55.3 Å². The molecule has 1 saturated heterocycles. The van der Waals surface area contributed by atoms with Crippen molar-refractivity contribution in [1.29, 1.82) is 0 Å². The normalized spacial score (nSPS) is 16.3. The second kappa shape index (κ2) is 9.80. The fourth-order valence-electron chi connectivity index (χ4n) is 3.82. The van der Waals surface area contributed by atoms with Crippen molar-refractivity contribution in [2.24, 2.45) is 0 Å². The van der Waals surface area contributed by atoms with Gasteiger partial charge in [0.05, 0.1) is 19.8 Å². The summed E-state index contributed by atoms with van der Waals surface area (Å²) in [5, 5.41) is 3.51. The molecule has 5 heteroatoms. The van der Waals surface area contributed by atoms with Crippen LogP contribution in [0, 0.1) is 0 Å². The molecule has 2 aromatic rings. The lowest BCUT2D eigenvalue weighted by Crippen LogP contribution is -2.33. The molecule has 2 aromatic carbocycles. The molecule has 0 amide bonds. The summed E-state index contributed by atoms with van der Waals surface area (Å²) < 4.78 is 11.3. The number of rotatable bonds is 7. The van der Waals surface area contributed by atoms with E-state index in [-0.39, 0.29) is 6.04 Å². The van der Waals surface area contributed by atoms with Gasteiger partial charge in [0.2, 0.25) is 0 Å². The molecule has 0 spiro atoms. The summed E-state index contributed by atoms with van der Waals surface area (Å²) in [4.78, 5) is 4.70. The Morgan fingerprint density at radius 3 is 2.43 bits per heavy atom. The van der Waals surface area contributed by atoms with Crippen LogP contribution in [0.2, 0.25) is 0 Å². The second-order valence-electron chi connectivity index (χ2n) is 7.37. The van der Waals surface area contributed by atoms with Crippen LogP contribution in [0.4, 0.5) is 5.69 Å². The quantitative estimate of drug-likeness (QED) is 0.791. The molecular formula is C23H33N3O2. The summed E-state index contributed by atoms with van der Waals surface area (Å²) in [6.07, 6.45) is 1.15. The van der Waals surface area contributed by atoms with E-state index in [1.807, 2.05) is 13.0 Å². The van der Waals surface area contributed by atoms with Gasteiger partial charge in [-0.25, -0.2) is 0 Å². The highest BCUT2D eigenvalue weighted by Crippen LogP contribution is 2.36. The Labute approximate surface area is 169 Å². The molecule has 3 rings (SSSR count). The Morgan fingerprint density at radius 2 is 1.75 bits per heavy atom. The van der Waals surface area contributed by atoms with Crippen LogP contribution in [-0.4, -0.2) is 58.9 Å². The number of hydrogen-bond acceptors (Lipinski definition) is 5. The highest BCUT2D eigenvalue weighted by Gasteiger charge is 2.24. The first-order valence-electron chi connectivity index (χ1n) is 10.2. The summed E-state index contributed by atoms with van der Waals surface area (Å²) in [5.74, 6) is 1.59. The number of methoxy groups -OCH3 is 1. The van der Waals surface area contributed by atoms with Crippen molar-refractivity contribution in [3.05, 3.63) is 53.6 Å². The lowest BCUT2D eigenvalue weighted by Gasteiger charge is -2.32. The van der Waals surface area contributed by atoms with Crippen molar-refractivity contribution in [3.8, 4) is 11.5 Å². The van der Waals surface area contributed by atoms with Gasteiger partial charge in [0.15, 0.2) is 11.5 Å². The second-order valence-corrected chi connectivity index (χ2v) is 7.37. The third-order valence-electron chi connectivity index (χ3n) is 5.27. The maximum atomic E-state index is 5.72. The third kappa shape index (κ3) is 4.78. The number of benzene rings is 2. The largest absolute Gasteiger partial charge is 0.493 e. The Morgan fingerprint density at radius 1 is 1.00 bits per heavy atom. The van der Waals surface area contributed by atoms with Crippen LogP contribution in [0.3, 0.4) is 0 Å². The van der Waals surface area contributed by atoms with Crippen molar-refractivity contribution in [1.82, 2.24) is 10.2 Å². The van der Waals surface area contributed by atoms with E-state index in [4.69, 9.17) is 9.47 Å². The van der Waals surface area contributed by atoms with Crippen LogP contribution in [0.25, 0.3) is 0 Å². The van der Waals surface area contributed by atoms with Gasteiger partial charge in [0.1, 0.15) is 0 Å². The maximum absolute atomic E-state index is 5.72. The van der Waals surface area contributed by atoms with Crippen molar-refractivity contribution in [3.63, 3.8) is 0 Å². The van der Waals surface area contributed by atoms with Gasteiger partial charge >= 0.3 is 0 Å². The lowest BCUT2D eigenvalue weighted by atomic mass is 9.96. The van der Waals surface area contributed by atoms with Crippen molar-refractivity contribution < 1.29 is 9.47 Å². The van der Waals surface area contributed by atoms with Gasteiger partial charge in [-0.15, -0.1) is 0 Å². The standard InChI is InChI=1S/C23H33N3O2/c1-5-28-21-12-9-19(17-22(21)27-4)23(26-15-6-13-24-14-16-26)18-7-10-20(11-8-18)25(2)3/h7-12,17,23-24H,5-6,13-16H2,1-4H3. The summed E-state index contributed by atoms with van der Waals surface area (Å²) in [6.45, 7) is 6.81. The SMILES string of the molecule is CCOc1ccc(C(c2ccc(N(C)C)cc2)N2CCCNCC2)cc1OC. The zero-order valence-electron chi connectivity index (χ0n) is 17.6. The zero-order valence-corrected chi connectivity index (χ0v) is 17.6. The lowest BCUT2D eigenvalue weighted by molar-refractivity contribution is 0.240. The van der Waals surface area contributed by atoms with Gasteiger partial charge in [0, 0.05) is 39.4 Å². The molecule has 1 aliphatic heterocycles. The molecule has 1 unspecified atom stereocenters. The Kier molecular flexibility index (Phi) is 7.18. The van der Waals surface area contributed by atoms with Crippen LogP contribution in [0.5, 0.6) is 11.5 Å². The zero-order chi connectivity index (χ0) is 19.9. The van der Waals surface area contributed by atoms with E-state index in [2.05, 4.69) is 65.6 Å². The van der Waals surface area contributed by atoms with Crippen molar-refractivity contribution in [2.45, 2.75) is 19.4 Å². The Hall–Kier alpha value is -2.24. The predicted molar refractivity (Wildman–Crippen MR) is 116 cm³/mol. The first-order valence-corrected chi connectivity index (χ1v) is 10.2. The first kappa shape index (κ1) is 20.5. The van der Waals surface area contributed by atoms with Crippen LogP contribution < -0.4 is 19.7 Å². The number of anilines is 1. The minimum atomic E-state index is 0.195. The summed E-state index contributed by atoms with van der Waals surface area (Å²) in [6, 6.07) is 15.4. The third-order valence-corrected chi connectivity index (χ3v) is 5.27. The number of nitrogens with one attached hydrogen (secondary N) is 1. The molecule has 0 bridgehead atoms. The van der Waals surface area contributed by atoms with Gasteiger partial charge in [0.25, 0.3) is 0 Å². The van der Waals surface area contributed by atoms with E-state index in [0.29, 0.717) is 6.61 Å². The van der Waals surface area contributed by atoms with E-state index in [1.165, 1.54) is 16.8 Å². The molecule has 1 aliphatic rings. The number of nitrogens with zero attached hydrogens (tertiary/aromatic N) is 2. The van der Waals surface area contributed by atoms with E-state index in [1.54, 1.807) is 7.11 Å². The molecule has 0 saturated carbocycles. The molecule has 1 atom stereocenters. The molecular weight excluding hydrogens is 350 g/mol. The Balaban J connectivity index is 2.00. The molecule has 28 heavy (non-hydrogen) atoms. The predicted octanol–water partition coefficient (Wildman–Crippen LogP) is 3.54. The summed E-state index contributed by atoms with van der Waals surface area (Å²) >= 11 is 0.